The second kappa shape index (κ2) is 15.8. The molecule has 0 saturated heterocycles. The molecule has 0 fully saturated rings. The summed E-state index contributed by atoms with van der Waals surface area (Å²) in [7, 11) is -6.53. The van der Waals surface area contributed by atoms with Crippen LogP contribution in [0.2, 0.25) is 0 Å². The van der Waals surface area contributed by atoms with Gasteiger partial charge in [-0.1, -0.05) is 64.7 Å². The molecule has 0 radical (unpaired) electrons. The molecule has 0 aromatic rings. The average molecular weight is 415 g/mol. The van der Waals surface area contributed by atoms with Crippen LogP contribution in [0.15, 0.2) is 0 Å². The zero-order valence-corrected chi connectivity index (χ0v) is 18.1. The molecule has 26 heavy (non-hydrogen) atoms. The first-order valence-corrected chi connectivity index (χ1v) is 13.0. The van der Waals surface area contributed by atoms with Crippen LogP contribution in [0.3, 0.4) is 0 Å². The van der Waals surface area contributed by atoms with E-state index in [9.17, 15) is 16.8 Å². The standard InChI is InChI=1S/C17H38N2O5S2/c1-3-4-5-6-7-8-9-10-11-12-13-19-15-17-26(22,23)24-25(20,21)16-14-18-2/h18-19H,3-17H2,1-2H3. The quantitative estimate of drug-likeness (QED) is 0.313. The molecule has 0 atom stereocenters. The maximum Gasteiger partial charge on any atom is 0.283 e. The van der Waals surface area contributed by atoms with E-state index >= 15 is 0 Å². The Morgan fingerprint density at radius 1 is 0.654 bits per heavy atom. The van der Waals surface area contributed by atoms with E-state index in [-0.39, 0.29) is 24.6 Å². The van der Waals surface area contributed by atoms with Crippen molar-refractivity contribution in [2.75, 3.05) is 38.2 Å². The van der Waals surface area contributed by atoms with Gasteiger partial charge in [0.05, 0.1) is 11.5 Å². The largest absolute Gasteiger partial charge is 0.319 e. The average Bonchev–Trinajstić information content (AvgIpc) is 2.56. The van der Waals surface area contributed by atoms with Crippen molar-refractivity contribution in [2.45, 2.75) is 71.1 Å². The summed E-state index contributed by atoms with van der Waals surface area (Å²) in [6.07, 6.45) is 12.5. The molecule has 0 aliphatic carbocycles. The van der Waals surface area contributed by atoms with E-state index in [0.717, 1.165) is 19.4 Å². The lowest BCUT2D eigenvalue weighted by atomic mass is 10.1. The molecule has 2 N–H and O–H groups in total. The van der Waals surface area contributed by atoms with Crippen molar-refractivity contribution in [3.63, 3.8) is 0 Å². The van der Waals surface area contributed by atoms with Gasteiger partial charge in [-0.2, -0.15) is 16.8 Å². The summed E-state index contributed by atoms with van der Waals surface area (Å²) >= 11 is 0. The van der Waals surface area contributed by atoms with Crippen LogP contribution in [0.1, 0.15) is 71.1 Å². The van der Waals surface area contributed by atoms with Gasteiger partial charge in [0.25, 0.3) is 20.2 Å². The summed E-state index contributed by atoms with van der Waals surface area (Å²) in [5.41, 5.74) is 0. The molecule has 0 aliphatic rings. The number of unbranched alkanes of at least 4 members (excludes halogenated alkanes) is 9. The molecule has 9 heteroatoms. The van der Waals surface area contributed by atoms with E-state index < -0.39 is 20.2 Å². The second-order valence-electron chi connectivity index (χ2n) is 6.63. The summed E-state index contributed by atoms with van der Waals surface area (Å²) in [5, 5.41) is 5.67. The Labute approximate surface area is 160 Å². The van der Waals surface area contributed by atoms with Crippen LogP contribution in [-0.4, -0.2) is 55.0 Å². The highest BCUT2D eigenvalue weighted by atomic mass is 32.3. The van der Waals surface area contributed by atoms with Crippen LogP contribution in [0.25, 0.3) is 0 Å². The van der Waals surface area contributed by atoms with Crippen LogP contribution in [0, 0.1) is 0 Å². The van der Waals surface area contributed by atoms with Crippen LogP contribution >= 0.6 is 0 Å². The molecule has 158 valence electrons. The van der Waals surface area contributed by atoms with Gasteiger partial charge in [-0.15, -0.1) is 3.63 Å². The SMILES string of the molecule is CCCCCCCCCCCCNCCS(=O)(=O)OS(=O)(=O)CCNC. The zero-order chi connectivity index (χ0) is 19.7. The predicted octanol–water partition coefficient (Wildman–Crippen LogP) is 2.39. The minimum Gasteiger partial charge on any atom is -0.319 e. The Balaban J connectivity index is 3.56. The molecule has 0 heterocycles. The van der Waals surface area contributed by atoms with Crippen molar-refractivity contribution in [1.82, 2.24) is 10.6 Å². The van der Waals surface area contributed by atoms with E-state index in [1.807, 2.05) is 0 Å². The number of hydrogen-bond acceptors (Lipinski definition) is 7. The van der Waals surface area contributed by atoms with Gasteiger partial charge in [-0.3, -0.25) is 0 Å². The van der Waals surface area contributed by atoms with Gasteiger partial charge in [0, 0.05) is 13.1 Å². The maximum atomic E-state index is 11.6. The van der Waals surface area contributed by atoms with Crippen LogP contribution in [0.5, 0.6) is 0 Å². The number of hydrogen-bond donors (Lipinski definition) is 2. The molecule has 0 aliphatic heterocycles. The summed E-state index contributed by atoms with van der Waals surface area (Å²) in [4.78, 5) is 0. The Bertz CT molecular complexity index is 521. The molecule has 0 spiro atoms. The van der Waals surface area contributed by atoms with Gasteiger partial charge < -0.3 is 10.6 Å². The van der Waals surface area contributed by atoms with Crippen molar-refractivity contribution < 1.29 is 20.5 Å². The summed E-state index contributed by atoms with van der Waals surface area (Å²) in [6.45, 7) is 3.30. The van der Waals surface area contributed by atoms with Crippen LogP contribution < -0.4 is 10.6 Å². The van der Waals surface area contributed by atoms with Gasteiger partial charge in [-0.05, 0) is 20.0 Å². The monoisotopic (exact) mass is 414 g/mol. The Kier molecular flexibility index (Phi) is 15.7. The third-order valence-corrected chi connectivity index (χ3v) is 7.11. The molecule has 0 saturated carbocycles. The second-order valence-corrected chi connectivity index (χ2v) is 10.2. The minimum atomic E-state index is -4.06. The summed E-state index contributed by atoms with van der Waals surface area (Å²) in [6, 6.07) is 0. The van der Waals surface area contributed by atoms with Crippen molar-refractivity contribution >= 4 is 20.2 Å². The number of rotatable bonds is 19. The molecular formula is C17H38N2O5S2. The zero-order valence-electron chi connectivity index (χ0n) is 16.5. The fraction of sp³-hybridized carbons (Fsp3) is 1.00. The lowest BCUT2D eigenvalue weighted by Gasteiger charge is -2.07. The highest BCUT2D eigenvalue weighted by molar-refractivity contribution is 7.99. The van der Waals surface area contributed by atoms with Crippen molar-refractivity contribution in [3.05, 3.63) is 0 Å². The fourth-order valence-corrected chi connectivity index (χ4v) is 5.17. The first-order chi connectivity index (χ1) is 12.3. The molecule has 0 rings (SSSR count). The molecule has 0 aromatic carbocycles. The van der Waals surface area contributed by atoms with Gasteiger partial charge in [-0.25, -0.2) is 0 Å². The Hall–Kier alpha value is -0.220. The third-order valence-electron chi connectivity index (χ3n) is 4.05. The fourth-order valence-electron chi connectivity index (χ4n) is 2.51. The maximum absolute atomic E-state index is 11.6. The third kappa shape index (κ3) is 17.2. The molecule has 0 amide bonds. The minimum absolute atomic E-state index is 0.148. The highest BCUT2D eigenvalue weighted by Gasteiger charge is 2.21. The van der Waals surface area contributed by atoms with Crippen LogP contribution in [-0.2, 0) is 23.9 Å². The molecule has 0 aromatic heterocycles. The van der Waals surface area contributed by atoms with Gasteiger partial charge >= 0.3 is 0 Å². The Morgan fingerprint density at radius 3 is 1.62 bits per heavy atom. The summed E-state index contributed by atoms with van der Waals surface area (Å²) in [5.74, 6) is -0.710. The van der Waals surface area contributed by atoms with E-state index in [2.05, 4.69) is 21.2 Å². The molecule has 7 nitrogen and oxygen atoms in total. The van der Waals surface area contributed by atoms with Crippen molar-refractivity contribution in [3.8, 4) is 0 Å². The first kappa shape index (κ1) is 25.8. The smallest absolute Gasteiger partial charge is 0.283 e. The lowest BCUT2D eigenvalue weighted by Crippen LogP contribution is -2.28. The van der Waals surface area contributed by atoms with Crippen molar-refractivity contribution in [1.29, 1.82) is 0 Å². The summed E-state index contributed by atoms with van der Waals surface area (Å²) < 4.78 is 50.6. The van der Waals surface area contributed by atoms with Gasteiger partial charge in [0.1, 0.15) is 0 Å². The Morgan fingerprint density at radius 2 is 1.12 bits per heavy atom. The highest BCUT2D eigenvalue weighted by Crippen LogP contribution is 2.10. The van der Waals surface area contributed by atoms with E-state index in [1.165, 1.54) is 51.4 Å². The lowest BCUT2D eigenvalue weighted by molar-refractivity contribution is 0.459. The normalized spacial score (nSPS) is 12.5. The first-order valence-electron chi connectivity index (χ1n) is 9.85. The predicted molar refractivity (Wildman–Crippen MR) is 107 cm³/mol. The van der Waals surface area contributed by atoms with Gasteiger partial charge in [0.2, 0.25) is 0 Å². The molecule has 0 bridgehead atoms. The number of nitrogens with one attached hydrogen (secondary N) is 2. The molecular weight excluding hydrogens is 376 g/mol. The van der Waals surface area contributed by atoms with Crippen LogP contribution in [0.4, 0.5) is 0 Å². The van der Waals surface area contributed by atoms with Gasteiger partial charge in [0.15, 0.2) is 0 Å². The van der Waals surface area contributed by atoms with E-state index in [0.29, 0.717) is 0 Å². The van der Waals surface area contributed by atoms with E-state index in [1.54, 1.807) is 7.05 Å². The topological polar surface area (TPSA) is 102 Å². The van der Waals surface area contributed by atoms with E-state index in [4.69, 9.17) is 0 Å². The van der Waals surface area contributed by atoms with Crippen molar-refractivity contribution in [2.24, 2.45) is 0 Å². The molecule has 0 unspecified atom stereocenters.